The van der Waals surface area contributed by atoms with Crippen LogP contribution in [0.1, 0.15) is 47.0 Å². The summed E-state index contributed by atoms with van der Waals surface area (Å²) in [5.74, 6) is 0.845. The van der Waals surface area contributed by atoms with Gasteiger partial charge in [-0.25, -0.2) is 14.0 Å². The number of urea groups is 1. The second kappa shape index (κ2) is 8.36. The first kappa shape index (κ1) is 23.1. The zero-order valence-corrected chi connectivity index (χ0v) is 19.8. The summed E-state index contributed by atoms with van der Waals surface area (Å²) in [5.41, 5.74) is 0.267. The fourth-order valence-electron chi connectivity index (χ4n) is 5.50. The molecule has 0 aromatic heterocycles. The highest BCUT2D eigenvalue weighted by molar-refractivity contribution is 5.81. The topological polar surface area (TPSA) is 71.1 Å². The highest BCUT2D eigenvalue weighted by atomic mass is 19.1. The normalized spacial score (nSPS) is 36.9. The number of likely N-dealkylation sites (tertiary alicyclic amines) is 1. The number of hydrogen-bond acceptors (Lipinski definition) is 4. The molecule has 1 saturated carbocycles. The third kappa shape index (κ3) is 4.38. The number of nitrogens with zero attached hydrogens (tertiary/aromatic N) is 2. The lowest BCUT2D eigenvalue weighted by atomic mass is 9.57. The highest BCUT2D eigenvalue weighted by Gasteiger charge is 2.52. The van der Waals surface area contributed by atoms with E-state index in [9.17, 15) is 14.0 Å². The van der Waals surface area contributed by atoms with E-state index in [1.54, 1.807) is 25.7 Å². The fourth-order valence-corrected chi connectivity index (χ4v) is 5.50. The van der Waals surface area contributed by atoms with Crippen LogP contribution in [0.25, 0.3) is 0 Å². The zero-order valence-electron chi connectivity index (χ0n) is 19.8. The van der Waals surface area contributed by atoms with Gasteiger partial charge in [-0.05, 0) is 57.9 Å². The summed E-state index contributed by atoms with van der Waals surface area (Å²) in [5, 5.41) is 2.97. The van der Waals surface area contributed by atoms with E-state index in [4.69, 9.17) is 9.47 Å². The Morgan fingerprint density at radius 1 is 1.34 bits per heavy atom. The predicted molar refractivity (Wildman–Crippen MR) is 119 cm³/mol. The monoisotopic (exact) mass is 449 g/mol. The molecule has 0 bridgehead atoms. The van der Waals surface area contributed by atoms with Crippen molar-refractivity contribution in [1.29, 1.82) is 0 Å². The third-order valence-corrected chi connectivity index (χ3v) is 7.37. The van der Waals surface area contributed by atoms with E-state index in [1.807, 2.05) is 19.2 Å². The van der Waals surface area contributed by atoms with Gasteiger partial charge in [0, 0.05) is 31.3 Å². The molecule has 8 heteroatoms. The smallest absolute Gasteiger partial charge is 0.410 e. The average Bonchev–Trinajstić information content (AvgIpc) is 2.95. The number of piperidine rings is 1. The number of fused-ring (bicyclic) bond motifs is 1. The Balaban J connectivity index is 1.24. The molecule has 2 heterocycles. The minimum atomic E-state index is -1.21. The molecule has 3 amide bonds. The number of rotatable bonds is 4. The van der Waals surface area contributed by atoms with E-state index in [1.165, 1.54) is 4.90 Å². The molecule has 2 saturated heterocycles. The number of hydrogen-bond donors (Lipinski definition) is 1. The molecule has 2 aliphatic heterocycles. The number of likely N-dealkylation sites (N-methyl/N-ethyl adjacent to an activating group) is 1. The van der Waals surface area contributed by atoms with Crippen molar-refractivity contribution >= 4 is 12.1 Å². The molecule has 3 fully saturated rings. The predicted octanol–water partition coefficient (Wildman–Crippen LogP) is 3.86. The van der Waals surface area contributed by atoms with Gasteiger partial charge in [-0.1, -0.05) is 19.1 Å². The van der Waals surface area contributed by atoms with Crippen LogP contribution in [0, 0.1) is 17.3 Å². The van der Waals surface area contributed by atoms with Gasteiger partial charge in [-0.3, -0.25) is 0 Å². The molecule has 4 atom stereocenters. The summed E-state index contributed by atoms with van der Waals surface area (Å²) in [7, 11) is 1.85. The van der Waals surface area contributed by atoms with Crippen LogP contribution in [0.5, 0.6) is 0 Å². The summed E-state index contributed by atoms with van der Waals surface area (Å²) >= 11 is 0. The lowest BCUT2D eigenvalue weighted by molar-refractivity contribution is -0.0822. The van der Waals surface area contributed by atoms with Gasteiger partial charge in [0.25, 0.3) is 0 Å². The zero-order chi connectivity index (χ0) is 23.3. The first-order valence-corrected chi connectivity index (χ1v) is 11.6. The first-order chi connectivity index (χ1) is 15.0. The Bertz CT molecular complexity index is 817. The SMILES string of the molecule is CN1C(=O)NC2=CC=CC(C)(C3CC(CO[C@@H]4CCN(C(=O)OC(C)(C)C)C[C@@H]4F)C3)C21. The van der Waals surface area contributed by atoms with Gasteiger partial charge in [0.1, 0.15) is 11.8 Å². The van der Waals surface area contributed by atoms with Crippen molar-refractivity contribution in [3.8, 4) is 0 Å². The highest BCUT2D eigenvalue weighted by Crippen LogP contribution is 2.52. The first-order valence-electron chi connectivity index (χ1n) is 11.6. The lowest BCUT2D eigenvalue weighted by Crippen LogP contribution is -2.52. The van der Waals surface area contributed by atoms with Crippen molar-refractivity contribution < 1.29 is 23.5 Å². The van der Waals surface area contributed by atoms with Gasteiger partial charge in [0.05, 0.1) is 18.7 Å². The van der Waals surface area contributed by atoms with E-state index < -0.39 is 24.0 Å². The van der Waals surface area contributed by atoms with Gasteiger partial charge >= 0.3 is 12.1 Å². The van der Waals surface area contributed by atoms with Crippen molar-refractivity contribution in [2.75, 3.05) is 26.7 Å². The standard InChI is InChI=1S/C24H36FN3O4/c1-23(2,3)32-22(30)28-10-8-19(17(25)13-28)31-14-15-11-16(12-15)24(4)9-6-7-18-20(24)27(5)21(29)26-18/h6-7,9,15-17,19-20H,8,10-14H2,1-5H3,(H,26,29)/t15?,16?,17-,19+,20?,24?/m0/s1. The summed E-state index contributed by atoms with van der Waals surface area (Å²) < 4.78 is 26.0. The van der Waals surface area contributed by atoms with Crippen LogP contribution >= 0.6 is 0 Å². The molecule has 0 radical (unpaired) electrons. The third-order valence-electron chi connectivity index (χ3n) is 7.37. The van der Waals surface area contributed by atoms with Crippen LogP contribution in [-0.4, -0.2) is 72.6 Å². The maximum atomic E-state index is 14.7. The molecule has 178 valence electrons. The van der Waals surface area contributed by atoms with Crippen molar-refractivity contribution in [3.05, 3.63) is 23.9 Å². The Hall–Kier alpha value is -2.09. The van der Waals surface area contributed by atoms with E-state index >= 15 is 0 Å². The minimum absolute atomic E-state index is 0.0138. The van der Waals surface area contributed by atoms with Crippen LogP contribution in [0.15, 0.2) is 23.9 Å². The maximum Gasteiger partial charge on any atom is 0.410 e. The van der Waals surface area contributed by atoms with Gasteiger partial charge in [0.15, 0.2) is 0 Å². The average molecular weight is 450 g/mol. The number of carbonyl (C=O) groups is 2. The Kier molecular flexibility index (Phi) is 6.03. The van der Waals surface area contributed by atoms with E-state index in [0.717, 1.165) is 18.5 Å². The van der Waals surface area contributed by atoms with Crippen molar-refractivity contribution in [3.63, 3.8) is 0 Å². The summed E-state index contributed by atoms with van der Waals surface area (Å²) in [6.07, 6.45) is 6.58. The van der Waals surface area contributed by atoms with Gasteiger partial charge < -0.3 is 24.6 Å². The largest absolute Gasteiger partial charge is 0.444 e. The van der Waals surface area contributed by atoms with Crippen LogP contribution < -0.4 is 5.32 Å². The quantitative estimate of drug-likeness (QED) is 0.708. The second-order valence-corrected chi connectivity index (χ2v) is 10.9. The molecule has 0 aromatic rings. The Morgan fingerprint density at radius 2 is 2.06 bits per heavy atom. The number of alkyl halides is 1. The van der Waals surface area contributed by atoms with Crippen molar-refractivity contribution in [2.24, 2.45) is 17.3 Å². The number of ether oxygens (including phenoxy) is 2. The van der Waals surface area contributed by atoms with Gasteiger partial charge in [-0.2, -0.15) is 0 Å². The fraction of sp³-hybridized carbons (Fsp3) is 0.750. The summed E-state index contributed by atoms with van der Waals surface area (Å²) in [4.78, 5) is 27.5. The van der Waals surface area contributed by atoms with E-state index in [-0.39, 0.29) is 24.0 Å². The molecule has 1 N–H and O–H groups in total. The van der Waals surface area contributed by atoms with Crippen LogP contribution in [0.3, 0.4) is 0 Å². The molecule has 2 aliphatic carbocycles. The summed E-state index contributed by atoms with van der Waals surface area (Å²) in [6, 6.07) is -0.0126. The van der Waals surface area contributed by atoms with Crippen molar-refractivity contribution in [2.45, 2.75) is 70.9 Å². The van der Waals surface area contributed by atoms with E-state index in [0.29, 0.717) is 31.4 Å². The number of carbonyl (C=O) groups excluding carboxylic acids is 2. The molecule has 32 heavy (non-hydrogen) atoms. The second-order valence-electron chi connectivity index (χ2n) is 10.9. The number of allylic oxidation sites excluding steroid dienone is 2. The molecule has 4 aliphatic rings. The number of halogens is 1. The maximum absolute atomic E-state index is 14.7. The Labute approximate surface area is 190 Å². The molecule has 4 rings (SSSR count). The molecule has 0 aromatic carbocycles. The van der Waals surface area contributed by atoms with E-state index in [2.05, 4.69) is 18.3 Å². The summed E-state index contributed by atoms with van der Waals surface area (Å²) in [6.45, 7) is 8.63. The van der Waals surface area contributed by atoms with Crippen LogP contribution in [0.2, 0.25) is 0 Å². The molecule has 7 nitrogen and oxygen atoms in total. The van der Waals surface area contributed by atoms with Gasteiger partial charge in [-0.15, -0.1) is 0 Å². The number of amides is 3. The van der Waals surface area contributed by atoms with Crippen LogP contribution in [0.4, 0.5) is 14.0 Å². The van der Waals surface area contributed by atoms with Crippen LogP contribution in [-0.2, 0) is 9.47 Å². The Morgan fingerprint density at radius 3 is 2.72 bits per heavy atom. The molecular formula is C24H36FN3O4. The molecular weight excluding hydrogens is 413 g/mol. The molecule has 0 spiro atoms. The molecule has 2 unspecified atom stereocenters. The van der Waals surface area contributed by atoms with Crippen molar-refractivity contribution in [1.82, 2.24) is 15.1 Å². The number of nitrogens with one attached hydrogen (secondary N) is 1. The van der Waals surface area contributed by atoms with Gasteiger partial charge in [0.2, 0.25) is 0 Å². The lowest BCUT2D eigenvalue weighted by Gasteiger charge is -2.51. The minimum Gasteiger partial charge on any atom is -0.444 e.